The zero-order valence-electron chi connectivity index (χ0n) is 12.3. The molecule has 0 heterocycles. The van der Waals surface area contributed by atoms with E-state index in [4.69, 9.17) is 10.5 Å². The fraction of sp³-hybridized carbons (Fsp3) is 0.222. The number of ether oxygens (including phenoxy) is 1. The lowest BCUT2D eigenvalue weighted by Crippen LogP contribution is -2.18. The Kier molecular flexibility index (Phi) is 5.72. The molecule has 1 atom stereocenters. The van der Waals surface area contributed by atoms with E-state index in [9.17, 15) is 9.59 Å². The fourth-order valence-electron chi connectivity index (χ4n) is 2.27. The van der Waals surface area contributed by atoms with Crippen LogP contribution < -0.4 is 5.73 Å². The van der Waals surface area contributed by atoms with Gasteiger partial charge in [-0.1, -0.05) is 60.7 Å². The third kappa shape index (κ3) is 5.05. The Morgan fingerprint density at radius 1 is 0.909 bits per heavy atom. The van der Waals surface area contributed by atoms with Crippen molar-refractivity contribution in [3.63, 3.8) is 0 Å². The lowest BCUT2D eigenvalue weighted by atomic mass is 9.92. The van der Waals surface area contributed by atoms with Crippen LogP contribution >= 0.6 is 0 Å². The first-order chi connectivity index (χ1) is 10.6. The van der Waals surface area contributed by atoms with Crippen LogP contribution in [0, 0.1) is 0 Å². The van der Waals surface area contributed by atoms with Crippen molar-refractivity contribution in [1.82, 2.24) is 0 Å². The number of hydrogen-bond acceptors (Lipinski definition) is 3. The van der Waals surface area contributed by atoms with E-state index in [1.165, 1.54) is 0 Å². The van der Waals surface area contributed by atoms with E-state index >= 15 is 0 Å². The van der Waals surface area contributed by atoms with Crippen molar-refractivity contribution in [2.45, 2.75) is 25.4 Å². The van der Waals surface area contributed by atoms with Crippen LogP contribution in [0.15, 0.2) is 60.7 Å². The van der Waals surface area contributed by atoms with E-state index in [1.54, 1.807) is 0 Å². The molecular weight excluding hydrogens is 278 g/mol. The molecule has 4 heteroatoms. The average Bonchev–Trinajstić information content (AvgIpc) is 2.54. The van der Waals surface area contributed by atoms with Crippen molar-refractivity contribution < 1.29 is 14.3 Å². The Balaban J connectivity index is 1.95. The lowest BCUT2D eigenvalue weighted by Gasteiger charge is -2.15. The molecule has 0 aliphatic carbocycles. The van der Waals surface area contributed by atoms with Crippen LogP contribution in [0.2, 0.25) is 0 Å². The smallest absolute Gasteiger partial charge is 0.306 e. The zero-order valence-corrected chi connectivity index (χ0v) is 12.3. The molecule has 0 saturated heterocycles. The number of benzene rings is 2. The van der Waals surface area contributed by atoms with Gasteiger partial charge in [-0.25, -0.2) is 0 Å². The van der Waals surface area contributed by atoms with Gasteiger partial charge in [-0.15, -0.1) is 0 Å². The van der Waals surface area contributed by atoms with E-state index in [-0.39, 0.29) is 31.3 Å². The second-order valence-corrected chi connectivity index (χ2v) is 5.13. The Labute approximate surface area is 129 Å². The SMILES string of the molecule is NC(=O)C[C@H](CC(=O)OCc1ccccc1)c1ccccc1. The summed E-state index contributed by atoms with van der Waals surface area (Å²) in [6.45, 7) is 0.234. The summed E-state index contributed by atoms with van der Waals surface area (Å²) in [6, 6.07) is 18.9. The molecular formula is C18H19NO3. The van der Waals surface area contributed by atoms with E-state index in [1.807, 2.05) is 60.7 Å². The van der Waals surface area contributed by atoms with Gasteiger partial charge in [-0.2, -0.15) is 0 Å². The molecule has 2 rings (SSSR count). The first kappa shape index (κ1) is 15.8. The number of nitrogens with two attached hydrogens (primary N) is 1. The van der Waals surface area contributed by atoms with Gasteiger partial charge in [0.1, 0.15) is 6.61 Å². The molecule has 0 aromatic heterocycles. The van der Waals surface area contributed by atoms with E-state index in [0.717, 1.165) is 11.1 Å². The maximum Gasteiger partial charge on any atom is 0.306 e. The fourth-order valence-corrected chi connectivity index (χ4v) is 2.27. The number of rotatable bonds is 7. The molecule has 1 amide bonds. The first-order valence-corrected chi connectivity index (χ1v) is 7.18. The van der Waals surface area contributed by atoms with Gasteiger partial charge in [0.15, 0.2) is 0 Å². The van der Waals surface area contributed by atoms with E-state index in [2.05, 4.69) is 0 Å². The minimum atomic E-state index is -0.426. The first-order valence-electron chi connectivity index (χ1n) is 7.18. The minimum Gasteiger partial charge on any atom is -0.461 e. The van der Waals surface area contributed by atoms with Crippen LogP contribution in [0.4, 0.5) is 0 Å². The molecule has 0 bridgehead atoms. The largest absolute Gasteiger partial charge is 0.461 e. The molecule has 0 fully saturated rings. The summed E-state index contributed by atoms with van der Waals surface area (Å²) in [5.74, 6) is -1.01. The second-order valence-electron chi connectivity index (χ2n) is 5.13. The highest BCUT2D eigenvalue weighted by atomic mass is 16.5. The summed E-state index contributed by atoms with van der Waals surface area (Å²) >= 11 is 0. The second kappa shape index (κ2) is 7.98. The van der Waals surface area contributed by atoms with Crippen LogP contribution in [-0.2, 0) is 20.9 Å². The summed E-state index contributed by atoms with van der Waals surface area (Å²) < 4.78 is 5.27. The monoisotopic (exact) mass is 297 g/mol. The van der Waals surface area contributed by atoms with Gasteiger partial charge in [-0.3, -0.25) is 9.59 Å². The van der Waals surface area contributed by atoms with Crippen LogP contribution in [-0.4, -0.2) is 11.9 Å². The number of amides is 1. The van der Waals surface area contributed by atoms with Gasteiger partial charge in [-0.05, 0) is 11.1 Å². The van der Waals surface area contributed by atoms with Gasteiger partial charge in [0, 0.05) is 12.3 Å². The van der Waals surface area contributed by atoms with Crippen molar-refractivity contribution in [2.24, 2.45) is 5.73 Å². The van der Waals surface area contributed by atoms with E-state index in [0.29, 0.717) is 0 Å². The van der Waals surface area contributed by atoms with E-state index < -0.39 is 5.91 Å². The number of carbonyl (C=O) groups is 2. The standard InChI is InChI=1S/C18H19NO3/c19-17(20)11-16(15-9-5-2-6-10-15)12-18(21)22-13-14-7-3-1-4-8-14/h1-10,16H,11-13H2,(H2,19,20)/t16-/m1/s1. The Morgan fingerprint density at radius 3 is 2.09 bits per heavy atom. The molecule has 0 aliphatic heterocycles. The minimum absolute atomic E-state index is 0.129. The van der Waals surface area contributed by atoms with Crippen molar-refractivity contribution in [3.05, 3.63) is 71.8 Å². The molecule has 2 N–H and O–H groups in total. The van der Waals surface area contributed by atoms with Gasteiger partial charge >= 0.3 is 5.97 Å². The molecule has 114 valence electrons. The maximum absolute atomic E-state index is 12.0. The summed E-state index contributed by atoms with van der Waals surface area (Å²) in [7, 11) is 0. The van der Waals surface area contributed by atoms with Crippen LogP contribution in [0.3, 0.4) is 0 Å². The van der Waals surface area contributed by atoms with Gasteiger partial charge in [0.05, 0.1) is 6.42 Å². The Morgan fingerprint density at radius 2 is 1.50 bits per heavy atom. The highest BCUT2D eigenvalue weighted by molar-refractivity contribution is 5.77. The van der Waals surface area contributed by atoms with Crippen molar-refractivity contribution in [1.29, 1.82) is 0 Å². The van der Waals surface area contributed by atoms with Gasteiger partial charge in [0.2, 0.25) is 5.91 Å². The summed E-state index contributed by atoms with van der Waals surface area (Å²) in [5, 5.41) is 0. The number of esters is 1. The van der Waals surface area contributed by atoms with Crippen molar-refractivity contribution >= 4 is 11.9 Å². The molecule has 2 aromatic rings. The third-order valence-corrected chi connectivity index (χ3v) is 3.37. The Bertz CT molecular complexity index is 611. The van der Waals surface area contributed by atoms with Gasteiger partial charge in [0.25, 0.3) is 0 Å². The van der Waals surface area contributed by atoms with Crippen LogP contribution in [0.1, 0.15) is 29.9 Å². The topological polar surface area (TPSA) is 69.4 Å². The predicted octanol–water partition coefficient (Wildman–Crippen LogP) is 2.78. The van der Waals surface area contributed by atoms with Crippen molar-refractivity contribution in [2.75, 3.05) is 0 Å². The lowest BCUT2D eigenvalue weighted by molar-refractivity contribution is -0.145. The Hall–Kier alpha value is -2.62. The summed E-state index contributed by atoms with van der Waals surface area (Å²) in [4.78, 5) is 23.2. The summed E-state index contributed by atoms with van der Waals surface area (Å²) in [6.07, 6.45) is 0.268. The highest BCUT2D eigenvalue weighted by Gasteiger charge is 2.19. The quantitative estimate of drug-likeness (QED) is 0.799. The number of carbonyl (C=O) groups excluding carboxylic acids is 2. The molecule has 0 aliphatic rings. The summed E-state index contributed by atoms with van der Waals surface area (Å²) in [5.41, 5.74) is 7.13. The highest BCUT2D eigenvalue weighted by Crippen LogP contribution is 2.23. The zero-order chi connectivity index (χ0) is 15.8. The molecule has 0 unspecified atom stereocenters. The third-order valence-electron chi connectivity index (χ3n) is 3.37. The molecule has 0 radical (unpaired) electrons. The predicted molar refractivity (Wildman–Crippen MR) is 83.8 cm³/mol. The average molecular weight is 297 g/mol. The van der Waals surface area contributed by atoms with Gasteiger partial charge < -0.3 is 10.5 Å². The molecule has 2 aromatic carbocycles. The normalized spacial score (nSPS) is 11.6. The van der Waals surface area contributed by atoms with Crippen molar-refractivity contribution in [3.8, 4) is 0 Å². The number of hydrogen-bond donors (Lipinski definition) is 1. The number of primary amides is 1. The molecule has 0 saturated carbocycles. The van der Waals surface area contributed by atoms with Crippen LogP contribution in [0.5, 0.6) is 0 Å². The molecule has 4 nitrogen and oxygen atoms in total. The molecule has 22 heavy (non-hydrogen) atoms. The molecule has 0 spiro atoms. The van der Waals surface area contributed by atoms with Crippen LogP contribution in [0.25, 0.3) is 0 Å². The maximum atomic E-state index is 12.0.